The molecule has 0 aliphatic rings. The van der Waals surface area contributed by atoms with Crippen LogP contribution < -0.4 is 5.32 Å². The Hall–Kier alpha value is -1.97. The van der Waals surface area contributed by atoms with E-state index in [2.05, 4.69) is 23.7 Å². The van der Waals surface area contributed by atoms with Crippen LogP contribution in [0.5, 0.6) is 0 Å². The van der Waals surface area contributed by atoms with Gasteiger partial charge in [0.1, 0.15) is 5.76 Å². The molecule has 0 spiro atoms. The van der Waals surface area contributed by atoms with Crippen LogP contribution in [0.2, 0.25) is 0 Å². The van der Waals surface area contributed by atoms with E-state index >= 15 is 0 Å². The smallest absolute Gasteiger partial charge is 0.253 e. The molecule has 0 aliphatic heterocycles. The van der Waals surface area contributed by atoms with Gasteiger partial charge in [-0.3, -0.25) is 4.79 Å². The van der Waals surface area contributed by atoms with Crippen molar-refractivity contribution in [2.45, 2.75) is 59.5 Å². The molecule has 2 rings (SSSR count). The molecule has 4 nitrogen and oxygen atoms in total. The van der Waals surface area contributed by atoms with Gasteiger partial charge in [-0.1, -0.05) is 0 Å². The molecule has 0 aromatic carbocycles. The van der Waals surface area contributed by atoms with Crippen molar-refractivity contribution in [2.24, 2.45) is 0 Å². The Morgan fingerprint density at radius 2 is 2.05 bits per heavy atom. The minimum absolute atomic E-state index is 0.00643. The molecule has 0 unspecified atom stereocenters. The summed E-state index contributed by atoms with van der Waals surface area (Å²) in [5, 5.41) is 3.08. The topological polar surface area (TPSA) is 47.2 Å². The number of carbonyl (C=O) groups is 1. The highest BCUT2D eigenvalue weighted by atomic mass is 16.3. The molecule has 1 N–H and O–H groups in total. The van der Waals surface area contributed by atoms with Crippen molar-refractivity contribution >= 4 is 5.91 Å². The van der Waals surface area contributed by atoms with Crippen molar-refractivity contribution in [2.75, 3.05) is 0 Å². The number of hydrogen-bond donors (Lipinski definition) is 1. The number of nitrogens with zero attached hydrogens (tertiary/aromatic N) is 1. The minimum atomic E-state index is 0.00643. The monoisotopic (exact) mass is 302 g/mol. The van der Waals surface area contributed by atoms with Crippen LogP contribution in [0.15, 0.2) is 28.9 Å². The maximum Gasteiger partial charge on any atom is 0.253 e. The quantitative estimate of drug-likeness (QED) is 0.875. The van der Waals surface area contributed by atoms with Gasteiger partial charge in [0.25, 0.3) is 5.91 Å². The average molecular weight is 302 g/mol. The predicted molar refractivity (Wildman–Crippen MR) is 88.2 cm³/mol. The maximum absolute atomic E-state index is 12.5. The fraction of sp³-hybridized carbons (Fsp3) is 0.500. The second-order valence-electron chi connectivity index (χ2n) is 6.24. The maximum atomic E-state index is 12.5. The summed E-state index contributed by atoms with van der Waals surface area (Å²) in [7, 11) is 0. The van der Waals surface area contributed by atoms with Gasteiger partial charge in [-0.25, -0.2) is 0 Å². The van der Waals surface area contributed by atoms with E-state index in [9.17, 15) is 4.79 Å². The zero-order valence-corrected chi connectivity index (χ0v) is 14.1. The second kappa shape index (κ2) is 6.86. The molecule has 2 aromatic rings. The van der Waals surface area contributed by atoms with E-state index in [0.717, 1.165) is 35.6 Å². The van der Waals surface area contributed by atoms with Crippen LogP contribution in [0.3, 0.4) is 0 Å². The van der Waals surface area contributed by atoms with E-state index in [-0.39, 0.29) is 11.9 Å². The molecule has 120 valence electrons. The summed E-state index contributed by atoms with van der Waals surface area (Å²) in [6, 6.07) is 6.30. The summed E-state index contributed by atoms with van der Waals surface area (Å²) in [5.41, 5.74) is 2.93. The SMILES string of the molecule is Cc1cc(C(=O)N[C@H](C)CCc2ccco2)c(C)n1C(C)C. The highest BCUT2D eigenvalue weighted by molar-refractivity contribution is 5.95. The summed E-state index contributed by atoms with van der Waals surface area (Å²) in [4.78, 5) is 12.5. The van der Waals surface area contributed by atoms with Crippen LogP contribution in [0.1, 0.15) is 60.7 Å². The Morgan fingerprint density at radius 1 is 1.32 bits per heavy atom. The third-order valence-corrected chi connectivity index (χ3v) is 4.03. The first kappa shape index (κ1) is 16.4. The Morgan fingerprint density at radius 3 is 2.59 bits per heavy atom. The molecule has 1 atom stereocenters. The lowest BCUT2D eigenvalue weighted by Crippen LogP contribution is -2.33. The highest BCUT2D eigenvalue weighted by Crippen LogP contribution is 2.20. The van der Waals surface area contributed by atoms with Crippen molar-refractivity contribution in [1.82, 2.24) is 9.88 Å². The fourth-order valence-corrected chi connectivity index (χ4v) is 2.99. The molecule has 0 bridgehead atoms. The largest absolute Gasteiger partial charge is 0.469 e. The summed E-state index contributed by atoms with van der Waals surface area (Å²) >= 11 is 0. The van der Waals surface area contributed by atoms with Gasteiger partial charge in [-0.05, 0) is 59.2 Å². The van der Waals surface area contributed by atoms with Gasteiger partial charge < -0.3 is 14.3 Å². The first-order chi connectivity index (χ1) is 10.4. The number of carbonyl (C=O) groups excluding carboxylic acids is 1. The molecule has 0 radical (unpaired) electrons. The summed E-state index contributed by atoms with van der Waals surface area (Å²) in [5.74, 6) is 0.964. The van der Waals surface area contributed by atoms with Crippen molar-refractivity contribution in [1.29, 1.82) is 0 Å². The van der Waals surface area contributed by atoms with Gasteiger partial charge >= 0.3 is 0 Å². The van der Waals surface area contributed by atoms with E-state index in [1.807, 2.05) is 39.0 Å². The number of furan rings is 1. The first-order valence-corrected chi connectivity index (χ1v) is 7.91. The summed E-state index contributed by atoms with van der Waals surface area (Å²) in [6.45, 7) is 10.4. The number of nitrogens with one attached hydrogen (secondary N) is 1. The Bertz CT molecular complexity index is 624. The average Bonchev–Trinajstić information content (AvgIpc) is 3.04. The second-order valence-corrected chi connectivity index (χ2v) is 6.24. The molecule has 0 fully saturated rings. The zero-order chi connectivity index (χ0) is 16.3. The number of hydrogen-bond acceptors (Lipinski definition) is 2. The standard InChI is InChI=1S/C18H26N2O2/c1-12(2)20-14(4)11-17(15(20)5)18(21)19-13(3)8-9-16-7-6-10-22-16/h6-7,10-13H,8-9H2,1-5H3,(H,19,21)/t13-/m1/s1. The lowest BCUT2D eigenvalue weighted by molar-refractivity contribution is 0.0937. The predicted octanol–water partition coefficient (Wildman–Crippen LogP) is 4.03. The fourth-order valence-electron chi connectivity index (χ4n) is 2.99. The summed E-state index contributed by atoms with van der Waals surface area (Å²) in [6.07, 6.45) is 3.38. The van der Waals surface area contributed by atoms with Gasteiger partial charge in [0.05, 0.1) is 11.8 Å². The molecule has 0 aliphatic carbocycles. The van der Waals surface area contributed by atoms with Gasteiger partial charge in [0.15, 0.2) is 0 Å². The highest BCUT2D eigenvalue weighted by Gasteiger charge is 2.18. The third-order valence-electron chi connectivity index (χ3n) is 4.03. The number of rotatable bonds is 6. The normalized spacial score (nSPS) is 12.6. The molecular weight excluding hydrogens is 276 g/mol. The lowest BCUT2D eigenvalue weighted by atomic mass is 10.1. The minimum Gasteiger partial charge on any atom is -0.469 e. The molecule has 22 heavy (non-hydrogen) atoms. The van der Waals surface area contributed by atoms with Gasteiger partial charge in [0, 0.05) is 29.9 Å². The number of aromatic nitrogens is 1. The van der Waals surface area contributed by atoms with Gasteiger partial charge in [0.2, 0.25) is 0 Å². The van der Waals surface area contributed by atoms with Crippen LogP contribution in [0.25, 0.3) is 0 Å². The first-order valence-electron chi connectivity index (χ1n) is 7.91. The lowest BCUT2D eigenvalue weighted by Gasteiger charge is -2.15. The van der Waals surface area contributed by atoms with Crippen LogP contribution in [0, 0.1) is 13.8 Å². The molecule has 2 heterocycles. The Labute approximate surface area is 132 Å². The Balaban J connectivity index is 1.98. The van der Waals surface area contributed by atoms with Crippen LogP contribution in [-0.4, -0.2) is 16.5 Å². The molecule has 1 amide bonds. The van der Waals surface area contributed by atoms with E-state index < -0.39 is 0 Å². The van der Waals surface area contributed by atoms with Crippen molar-refractivity contribution in [3.63, 3.8) is 0 Å². The van der Waals surface area contributed by atoms with E-state index in [1.165, 1.54) is 0 Å². The molecule has 2 aromatic heterocycles. The Kier molecular flexibility index (Phi) is 5.11. The van der Waals surface area contributed by atoms with Crippen molar-refractivity contribution < 1.29 is 9.21 Å². The van der Waals surface area contributed by atoms with Crippen LogP contribution in [0.4, 0.5) is 0 Å². The van der Waals surface area contributed by atoms with Gasteiger partial charge in [-0.2, -0.15) is 0 Å². The van der Waals surface area contributed by atoms with Crippen LogP contribution in [-0.2, 0) is 6.42 Å². The van der Waals surface area contributed by atoms with E-state index in [0.29, 0.717) is 6.04 Å². The third kappa shape index (κ3) is 3.62. The van der Waals surface area contributed by atoms with E-state index in [1.54, 1.807) is 6.26 Å². The molecule has 0 saturated heterocycles. The van der Waals surface area contributed by atoms with Gasteiger partial charge in [-0.15, -0.1) is 0 Å². The summed E-state index contributed by atoms with van der Waals surface area (Å²) < 4.78 is 7.52. The van der Waals surface area contributed by atoms with Crippen molar-refractivity contribution in [3.05, 3.63) is 47.2 Å². The number of amides is 1. The molecule has 4 heteroatoms. The van der Waals surface area contributed by atoms with E-state index in [4.69, 9.17) is 4.42 Å². The number of aryl methyl sites for hydroxylation is 2. The molecular formula is C18H26N2O2. The molecule has 0 saturated carbocycles. The zero-order valence-electron chi connectivity index (χ0n) is 14.1. The van der Waals surface area contributed by atoms with Crippen molar-refractivity contribution in [3.8, 4) is 0 Å². The van der Waals surface area contributed by atoms with Crippen LogP contribution >= 0.6 is 0 Å².